The number of aromatic nitrogens is 4. The molecule has 3 rings (SSSR count). The molecule has 0 spiro atoms. The van der Waals surface area contributed by atoms with E-state index in [2.05, 4.69) is 31.4 Å². The largest absolute Gasteiger partial charge is 0.319 e. The van der Waals surface area contributed by atoms with Crippen LogP contribution < -0.4 is 5.32 Å². The molecule has 0 aliphatic rings. The fraction of sp³-hybridized carbons (Fsp3) is 0.133. The maximum Gasteiger partial charge on any atom is 0.259 e. The normalized spacial score (nSPS) is 10.7. The van der Waals surface area contributed by atoms with E-state index in [-0.39, 0.29) is 5.91 Å². The van der Waals surface area contributed by atoms with Crippen molar-refractivity contribution in [2.75, 3.05) is 5.32 Å². The molecule has 22 heavy (non-hydrogen) atoms. The molecule has 112 valence electrons. The smallest absolute Gasteiger partial charge is 0.259 e. The Bertz CT molecular complexity index is 836. The van der Waals surface area contributed by atoms with Crippen molar-refractivity contribution in [2.45, 2.75) is 6.92 Å². The number of nitrogens with zero attached hydrogens (tertiary/aromatic N) is 4. The molecule has 1 amide bonds. The van der Waals surface area contributed by atoms with Crippen molar-refractivity contribution in [3.63, 3.8) is 0 Å². The van der Waals surface area contributed by atoms with E-state index < -0.39 is 0 Å². The van der Waals surface area contributed by atoms with Crippen LogP contribution in [-0.2, 0) is 7.05 Å². The number of hydrogen-bond donors (Lipinski definition) is 1. The number of anilines is 1. The lowest BCUT2D eigenvalue weighted by atomic mass is 10.2. The molecular formula is C15H14BrN5O. The average Bonchev–Trinajstić information content (AvgIpc) is 3.06. The number of aryl methyl sites for hydroxylation is 2. The second-order valence-corrected chi connectivity index (χ2v) is 5.74. The Morgan fingerprint density at radius 1 is 1.27 bits per heavy atom. The van der Waals surface area contributed by atoms with Gasteiger partial charge in [-0.15, -0.1) is 0 Å². The third kappa shape index (κ3) is 2.80. The fourth-order valence-electron chi connectivity index (χ4n) is 2.18. The molecule has 0 aliphatic carbocycles. The molecule has 6 nitrogen and oxygen atoms in total. The van der Waals surface area contributed by atoms with Crippen LogP contribution in [0.15, 0.2) is 47.3 Å². The Morgan fingerprint density at radius 2 is 2.05 bits per heavy atom. The van der Waals surface area contributed by atoms with Crippen LogP contribution in [0, 0.1) is 6.92 Å². The Hall–Kier alpha value is -2.41. The monoisotopic (exact) mass is 359 g/mol. The van der Waals surface area contributed by atoms with Gasteiger partial charge in [0.25, 0.3) is 5.91 Å². The number of nitrogens with one attached hydrogen (secondary N) is 1. The van der Waals surface area contributed by atoms with Gasteiger partial charge in [-0.2, -0.15) is 10.2 Å². The lowest BCUT2D eigenvalue weighted by molar-refractivity contribution is 0.102. The zero-order chi connectivity index (χ0) is 15.7. The van der Waals surface area contributed by atoms with Crippen LogP contribution in [0.1, 0.15) is 16.1 Å². The topological polar surface area (TPSA) is 64.7 Å². The first-order valence-electron chi connectivity index (χ1n) is 6.66. The van der Waals surface area contributed by atoms with E-state index in [9.17, 15) is 4.79 Å². The SMILES string of the molecule is Cc1nn(C)cc1C(=O)Nc1cnn(-c2ccccc2Br)c1. The third-order valence-corrected chi connectivity index (χ3v) is 3.87. The maximum absolute atomic E-state index is 12.3. The number of rotatable bonds is 3. The molecule has 2 aromatic heterocycles. The highest BCUT2D eigenvalue weighted by Crippen LogP contribution is 2.21. The van der Waals surface area contributed by atoms with Crippen molar-refractivity contribution in [1.82, 2.24) is 19.6 Å². The summed E-state index contributed by atoms with van der Waals surface area (Å²) < 4.78 is 4.25. The molecule has 1 N–H and O–H groups in total. The summed E-state index contributed by atoms with van der Waals surface area (Å²) in [5.41, 5.74) is 2.78. The molecule has 3 aromatic rings. The van der Waals surface area contributed by atoms with E-state index in [1.54, 1.807) is 41.9 Å². The highest BCUT2D eigenvalue weighted by molar-refractivity contribution is 9.10. The Kier molecular flexibility index (Phi) is 3.81. The number of amides is 1. The second-order valence-electron chi connectivity index (χ2n) is 4.88. The minimum Gasteiger partial charge on any atom is -0.319 e. The molecule has 0 saturated heterocycles. The average molecular weight is 360 g/mol. The van der Waals surface area contributed by atoms with Crippen LogP contribution in [0.2, 0.25) is 0 Å². The van der Waals surface area contributed by atoms with Crippen molar-refractivity contribution in [1.29, 1.82) is 0 Å². The molecule has 0 fully saturated rings. The van der Waals surface area contributed by atoms with Crippen molar-refractivity contribution in [2.24, 2.45) is 7.05 Å². The van der Waals surface area contributed by atoms with Gasteiger partial charge in [0.05, 0.1) is 35.0 Å². The minimum absolute atomic E-state index is 0.197. The van der Waals surface area contributed by atoms with E-state index in [0.29, 0.717) is 16.9 Å². The van der Waals surface area contributed by atoms with Crippen molar-refractivity contribution in [3.05, 3.63) is 58.6 Å². The molecule has 0 unspecified atom stereocenters. The van der Waals surface area contributed by atoms with E-state index in [4.69, 9.17) is 0 Å². The summed E-state index contributed by atoms with van der Waals surface area (Å²) in [4.78, 5) is 12.3. The summed E-state index contributed by atoms with van der Waals surface area (Å²) in [7, 11) is 1.79. The predicted molar refractivity (Wildman–Crippen MR) is 87.2 cm³/mol. The van der Waals surface area contributed by atoms with Gasteiger partial charge in [-0.05, 0) is 35.0 Å². The lowest BCUT2D eigenvalue weighted by Crippen LogP contribution is -2.11. The third-order valence-electron chi connectivity index (χ3n) is 3.20. The highest BCUT2D eigenvalue weighted by atomic mass is 79.9. The molecule has 0 radical (unpaired) electrons. The summed E-state index contributed by atoms with van der Waals surface area (Å²) in [6.45, 7) is 1.80. The molecule has 1 aromatic carbocycles. The first kappa shape index (κ1) is 14.5. The maximum atomic E-state index is 12.3. The predicted octanol–water partition coefficient (Wildman–Crippen LogP) is 2.93. The van der Waals surface area contributed by atoms with Gasteiger partial charge in [0.1, 0.15) is 0 Å². The summed E-state index contributed by atoms with van der Waals surface area (Å²) in [6.07, 6.45) is 5.08. The van der Waals surface area contributed by atoms with Crippen LogP contribution in [0.4, 0.5) is 5.69 Å². The van der Waals surface area contributed by atoms with E-state index in [1.807, 2.05) is 24.3 Å². The minimum atomic E-state index is -0.197. The highest BCUT2D eigenvalue weighted by Gasteiger charge is 2.14. The molecule has 0 bridgehead atoms. The number of halogens is 1. The van der Waals surface area contributed by atoms with Gasteiger partial charge in [-0.3, -0.25) is 9.48 Å². The molecule has 0 aliphatic heterocycles. The number of para-hydroxylation sites is 1. The zero-order valence-electron chi connectivity index (χ0n) is 12.1. The molecule has 0 atom stereocenters. The number of benzene rings is 1. The number of carbonyl (C=O) groups excluding carboxylic acids is 1. The summed E-state index contributed by atoms with van der Waals surface area (Å²) in [5, 5.41) is 11.3. The molecule has 7 heteroatoms. The molecule has 2 heterocycles. The van der Waals surface area contributed by atoms with Crippen LogP contribution in [0.25, 0.3) is 5.69 Å². The Balaban J connectivity index is 1.82. The van der Waals surface area contributed by atoms with Crippen LogP contribution in [0.3, 0.4) is 0 Å². The second kappa shape index (κ2) is 5.76. The quantitative estimate of drug-likeness (QED) is 0.781. The van der Waals surface area contributed by atoms with E-state index in [0.717, 1.165) is 10.2 Å². The lowest BCUT2D eigenvalue weighted by Gasteiger charge is -2.03. The zero-order valence-corrected chi connectivity index (χ0v) is 13.7. The summed E-state index contributed by atoms with van der Waals surface area (Å²) in [5.74, 6) is -0.197. The van der Waals surface area contributed by atoms with Gasteiger partial charge in [0.15, 0.2) is 0 Å². The van der Waals surface area contributed by atoms with Crippen LogP contribution in [-0.4, -0.2) is 25.5 Å². The Labute approximate surface area is 135 Å². The van der Waals surface area contributed by atoms with Crippen molar-refractivity contribution < 1.29 is 4.79 Å². The van der Waals surface area contributed by atoms with Gasteiger partial charge in [-0.25, -0.2) is 4.68 Å². The Morgan fingerprint density at radius 3 is 2.73 bits per heavy atom. The first-order chi connectivity index (χ1) is 10.5. The fourth-order valence-corrected chi connectivity index (χ4v) is 2.64. The molecule has 0 saturated carbocycles. The van der Waals surface area contributed by atoms with Crippen molar-refractivity contribution >= 4 is 27.5 Å². The standard InChI is InChI=1S/C15H14BrN5O/c1-10-12(9-20(2)19-10)15(22)18-11-7-17-21(8-11)14-6-4-3-5-13(14)16/h3-9H,1-2H3,(H,18,22). The van der Waals surface area contributed by atoms with E-state index in [1.165, 1.54) is 0 Å². The van der Waals surface area contributed by atoms with Crippen molar-refractivity contribution in [3.8, 4) is 5.69 Å². The number of hydrogen-bond acceptors (Lipinski definition) is 3. The van der Waals surface area contributed by atoms with Gasteiger partial charge in [0, 0.05) is 17.7 Å². The number of carbonyl (C=O) groups is 1. The van der Waals surface area contributed by atoms with Gasteiger partial charge in [0.2, 0.25) is 0 Å². The van der Waals surface area contributed by atoms with Gasteiger partial charge >= 0.3 is 0 Å². The summed E-state index contributed by atoms with van der Waals surface area (Å²) >= 11 is 3.48. The summed E-state index contributed by atoms with van der Waals surface area (Å²) in [6, 6.07) is 7.74. The first-order valence-corrected chi connectivity index (χ1v) is 7.45. The van der Waals surface area contributed by atoms with Crippen LogP contribution >= 0.6 is 15.9 Å². The van der Waals surface area contributed by atoms with Gasteiger partial charge < -0.3 is 5.32 Å². The van der Waals surface area contributed by atoms with Gasteiger partial charge in [-0.1, -0.05) is 12.1 Å². The van der Waals surface area contributed by atoms with Crippen LogP contribution in [0.5, 0.6) is 0 Å². The molecular weight excluding hydrogens is 346 g/mol. The van der Waals surface area contributed by atoms with E-state index >= 15 is 0 Å².